The number of nitrogens with one attached hydrogen (secondary N) is 1. The van der Waals surface area contributed by atoms with Crippen LogP contribution < -0.4 is 10.9 Å². The molecule has 2 aromatic carbocycles. The molecular weight excluding hydrogens is 494 g/mol. The summed E-state index contributed by atoms with van der Waals surface area (Å²) >= 11 is 1.24. The van der Waals surface area contributed by atoms with E-state index in [0.29, 0.717) is 39.8 Å². The molecule has 9 heteroatoms. The number of thioether (sulfide) groups is 1. The van der Waals surface area contributed by atoms with Crippen LogP contribution in [0.1, 0.15) is 42.6 Å². The number of hydrogen-bond donors (Lipinski definition) is 1. The van der Waals surface area contributed by atoms with E-state index in [1.165, 1.54) is 23.9 Å². The number of carbonyl (C=O) groups is 1. The first kappa shape index (κ1) is 26.5. The molecule has 1 aliphatic carbocycles. The normalized spacial score (nSPS) is 12.7. The molecule has 1 aliphatic rings. The summed E-state index contributed by atoms with van der Waals surface area (Å²) in [4.78, 5) is 34.7. The summed E-state index contributed by atoms with van der Waals surface area (Å²) in [5.41, 5.74) is 1.44. The molecule has 37 heavy (non-hydrogen) atoms. The number of rotatable bonds is 6. The lowest BCUT2D eigenvalue weighted by molar-refractivity contribution is 0.0952. The van der Waals surface area contributed by atoms with Crippen molar-refractivity contribution in [3.05, 3.63) is 81.6 Å². The van der Waals surface area contributed by atoms with E-state index in [9.17, 15) is 18.4 Å². The van der Waals surface area contributed by atoms with Gasteiger partial charge in [-0.25, -0.2) is 18.7 Å². The molecule has 6 nitrogen and oxygen atoms in total. The van der Waals surface area contributed by atoms with E-state index in [1.807, 2.05) is 26.8 Å². The number of aromatic nitrogens is 3. The van der Waals surface area contributed by atoms with Crippen LogP contribution in [-0.2, 0) is 0 Å². The van der Waals surface area contributed by atoms with Crippen molar-refractivity contribution >= 4 is 28.7 Å². The number of amides is 1. The van der Waals surface area contributed by atoms with Crippen LogP contribution in [0.25, 0.3) is 28.0 Å². The fourth-order valence-electron chi connectivity index (χ4n) is 3.99. The third kappa shape index (κ3) is 5.41. The lowest BCUT2D eigenvalue weighted by Crippen LogP contribution is -2.25. The molecule has 0 radical (unpaired) electrons. The highest BCUT2D eigenvalue weighted by molar-refractivity contribution is 7.98. The van der Waals surface area contributed by atoms with Crippen molar-refractivity contribution in [1.29, 1.82) is 0 Å². The fraction of sp³-hybridized carbons (Fsp3) is 0.286. The van der Waals surface area contributed by atoms with Crippen molar-refractivity contribution in [2.75, 3.05) is 12.8 Å². The van der Waals surface area contributed by atoms with E-state index in [1.54, 1.807) is 24.5 Å². The maximum Gasteiger partial charge on any atom is 0.256 e. The van der Waals surface area contributed by atoms with Gasteiger partial charge in [-0.1, -0.05) is 37.7 Å². The minimum absolute atomic E-state index is 0.0823. The largest absolute Gasteiger partial charge is 0.352 e. The van der Waals surface area contributed by atoms with E-state index >= 15 is 0 Å². The Bertz CT molecular complexity index is 1510. The highest BCUT2D eigenvalue weighted by Gasteiger charge is 2.23. The van der Waals surface area contributed by atoms with Crippen LogP contribution in [0.3, 0.4) is 0 Å². The van der Waals surface area contributed by atoms with Crippen LogP contribution in [0.15, 0.2) is 58.5 Å². The van der Waals surface area contributed by atoms with Crippen molar-refractivity contribution in [2.24, 2.45) is 5.92 Å². The number of para-hydroxylation sites is 1. The van der Waals surface area contributed by atoms with Gasteiger partial charge in [0.25, 0.3) is 11.5 Å². The van der Waals surface area contributed by atoms with Gasteiger partial charge in [-0.3, -0.25) is 14.2 Å². The van der Waals surface area contributed by atoms with Gasteiger partial charge in [0.2, 0.25) is 0 Å². The third-order valence-corrected chi connectivity index (χ3v) is 6.62. The molecule has 1 saturated carbocycles. The monoisotopic (exact) mass is 522 g/mol. The number of nitrogens with zero attached hydrogens (tertiary/aromatic N) is 3. The Morgan fingerprint density at radius 2 is 1.78 bits per heavy atom. The number of halogens is 2. The van der Waals surface area contributed by atoms with E-state index in [-0.39, 0.29) is 11.6 Å². The predicted octanol–water partition coefficient (Wildman–Crippen LogP) is 5.92. The fourth-order valence-corrected chi connectivity index (χ4v) is 4.35. The zero-order valence-corrected chi connectivity index (χ0v) is 22.0. The van der Waals surface area contributed by atoms with Gasteiger partial charge in [0, 0.05) is 29.1 Å². The van der Waals surface area contributed by atoms with Crippen LogP contribution >= 0.6 is 11.8 Å². The molecule has 2 aromatic heterocycles. The summed E-state index contributed by atoms with van der Waals surface area (Å²) in [6.45, 7) is 6.54. The van der Waals surface area contributed by atoms with Crippen molar-refractivity contribution in [2.45, 2.75) is 38.8 Å². The Kier molecular flexibility index (Phi) is 8.02. The van der Waals surface area contributed by atoms with Gasteiger partial charge in [0.1, 0.15) is 17.3 Å². The molecule has 0 spiro atoms. The van der Waals surface area contributed by atoms with Gasteiger partial charge in [0.05, 0.1) is 5.69 Å². The second-order valence-corrected chi connectivity index (χ2v) is 9.33. The number of pyridine rings is 1. The summed E-state index contributed by atoms with van der Waals surface area (Å²) in [5, 5.41) is 3.72. The van der Waals surface area contributed by atoms with Crippen LogP contribution in [-0.4, -0.2) is 33.2 Å². The van der Waals surface area contributed by atoms with Crippen molar-refractivity contribution < 1.29 is 13.6 Å². The van der Waals surface area contributed by atoms with Crippen molar-refractivity contribution in [1.82, 2.24) is 19.9 Å². The number of fused-ring (bicyclic) bond motifs is 1. The van der Waals surface area contributed by atoms with Crippen molar-refractivity contribution in [3.8, 4) is 16.9 Å². The Morgan fingerprint density at radius 3 is 2.43 bits per heavy atom. The van der Waals surface area contributed by atoms with Gasteiger partial charge in [-0.15, -0.1) is 0 Å². The maximum atomic E-state index is 14.7. The Morgan fingerprint density at radius 1 is 1.08 bits per heavy atom. The van der Waals surface area contributed by atoms with Crippen LogP contribution in [0.4, 0.5) is 8.78 Å². The molecule has 0 atom stereocenters. The lowest BCUT2D eigenvalue weighted by Gasteiger charge is -2.15. The summed E-state index contributed by atoms with van der Waals surface area (Å²) in [6, 6.07) is 11.5. The van der Waals surface area contributed by atoms with Gasteiger partial charge < -0.3 is 5.32 Å². The van der Waals surface area contributed by atoms with Crippen molar-refractivity contribution in [3.63, 3.8) is 0 Å². The zero-order chi connectivity index (χ0) is 26.7. The van der Waals surface area contributed by atoms with Gasteiger partial charge in [-0.2, -0.15) is 0 Å². The Balaban J connectivity index is 0.00000156. The van der Waals surface area contributed by atoms with Gasteiger partial charge >= 0.3 is 0 Å². The second-order valence-electron chi connectivity index (χ2n) is 8.56. The highest BCUT2D eigenvalue weighted by Crippen LogP contribution is 2.32. The Hall–Kier alpha value is -3.59. The lowest BCUT2D eigenvalue weighted by atomic mass is 9.99. The molecule has 2 heterocycles. The first-order valence-electron chi connectivity index (χ1n) is 12.2. The van der Waals surface area contributed by atoms with Gasteiger partial charge in [-0.05, 0) is 67.8 Å². The summed E-state index contributed by atoms with van der Waals surface area (Å²) < 4.78 is 30.3. The zero-order valence-electron chi connectivity index (χ0n) is 21.1. The molecular formula is C28H28F2N4O2S. The quantitative estimate of drug-likeness (QED) is 0.251. The molecule has 5 rings (SSSR count). The van der Waals surface area contributed by atoms with E-state index in [0.717, 1.165) is 35.1 Å². The van der Waals surface area contributed by atoms with E-state index in [2.05, 4.69) is 15.3 Å². The first-order chi connectivity index (χ1) is 17.9. The standard InChI is InChI=1S/C26H22F2N4O2S.C2H6/c1-14-6-9-16(25(34)29-13-15-7-8-15)12-18(14)22-17-10-11-21(33)32(24(17)31-26(30-22)35-2)23-19(27)4-3-5-20(23)28;1-2/h3-6,9-12,15H,7-8,13H2,1-2H3,(H,29,34);1-2H3. The van der Waals surface area contributed by atoms with Crippen LogP contribution in [0.2, 0.25) is 0 Å². The summed E-state index contributed by atoms with van der Waals surface area (Å²) in [6.07, 6.45) is 4.04. The SMILES string of the molecule is CC.CSc1nc(-c2cc(C(=O)NCC3CC3)ccc2C)c2ccc(=O)n(-c3c(F)cccc3F)c2n1. The minimum Gasteiger partial charge on any atom is -0.352 e. The first-order valence-corrected chi connectivity index (χ1v) is 13.4. The molecule has 4 aromatic rings. The molecule has 0 aliphatic heterocycles. The molecule has 1 N–H and O–H groups in total. The molecule has 1 amide bonds. The Labute approximate surface area is 218 Å². The molecule has 192 valence electrons. The summed E-state index contributed by atoms with van der Waals surface area (Å²) in [5.74, 6) is -1.38. The van der Waals surface area contributed by atoms with Crippen LogP contribution in [0.5, 0.6) is 0 Å². The number of hydrogen-bond acceptors (Lipinski definition) is 5. The van der Waals surface area contributed by atoms with E-state index in [4.69, 9.17) is 0 Å². The minimum atomic E-state index is -0.879. The third-order valence-electron chi connectivity index (χ3n) is 6.08. The maximum absolute atomic E-state index is 14.7. The molecule has 0 bridgehead atoms. The number of benzene rings is 2. The number of carbonyl (C=O) groups excluding carboxylic acids is 1. The smallest absolute Gasteiger partial charge is 0.256 e. The average Bonchev–Trinajstić information content (AvgIpc) is 3.74. The highest BCUT2D eigenvalue weighted by atomic mass is 32.2. The van der Waals surface area contributed by atoms with Crippen LogP contribution in [0, 0.1) is 24.5 Å². The average molecular weight is 523 g/mol. The molecule has 0 unspecified atom stereocenters. The van der Waals surface area contributed by atoms with E-state index < -0.39 is 22.9 Å². The molecule has 1 fully saturated rings. The van der Waals surface area contributed by atoms with Gasteiger partial charge in [0.15, 0.2) is 10.8 Å². The number of aryl methyl sites for hydroxylation is 1. The second kappa shape index (κ2) is 11.2. The molecule has 0 saturated heterocycles. The summed E-state index contributed by atoms with van der Waals surface area (Å²) in [7, 11) is 0. The topological polar surface area (TPSA) is 76.9 Å². The predicted molar refractivity (Wildman–Crippen MR) is 143 cm³/mol.